The monoisotopic (exact) mass is 285 g/mol. The average Bonchev–Trinajstić information content (AvgIpc) is 2.82. The van der Waals surface area contributed by atoms with Crippen molar-refractivity contribution in [2.75, 3.05) is 17.4 Å². The molecule has 16 heavy (non-hydrogen) atoms. The van der Waals surface area contributed by atoms with Gasteiger partial charge in [0.05, 0.1) is 0 Å². The third-order valence-corrected chi connectivity index (χ3v) is 3.84. The molecule has 0 spiro atoms. The molecule has 6 heteroatoms. The first-order valence-corrected chi connectivity index (χ1v) is 6.23. The molecule has 5 nitrogen and oxygen atoms in total. The van der Waals surface area contributed by atoms with Crippen molar-refractivity contribution in [1.29, 1.82) is 0 Å². The zero-order valence-corrected chi connectivity index (χ0v) is 10.9. The van der Waals surface area contributed by atoms with Crippen molar-refractivity contribution in [3.8, 4) is 0 Å². The van der Waals surface area contributed by atoms with Gasteiger partial charge in [-0.3, -0.25) is 0 Å². The molecule has 1 fully saturated rings. The van der Waals surface area contributed by atoms with E-state index in [1.54, 1.807) is 0 Å². The highest BCUT2D eigenvalue weighted by Gasteiger charge is 2.23. The Morgan fingerprint density at radius 1 is 1.44 bits per heavy atom. The smallest absolute Gasteiger partial charge is 0.159 e. The number of nitrogens with two attached hydrogens (primary N) is 1. The van der Waals surface area contributed by atoms with E-state index < -0.39 is 0 Å². The summed E-state index contributed by atoms with van der Waals surface area (Å²) in [7, 11) is 2.07. The quantitative estimate of drug-likeness (QED) is 0.656. The van der Waals surface area contributed by atoms with E-state index in [0.29, 0.717) is 11.9 Å². The normalized spacial score (nSPS) is 16.4. The summed E-state index contributed by atoms with van der Waals surface area (Å²) in [5, 5.41) is 0. The second-order valence-corrected chi connectivity index (χ2v) is 4.85. The molecule has 1 saturated carbocycles. The molecular weight excluding hydrogens is 270 g/mol. The second-order valence-electron chi connectivity index (χ2n) is 4.05. The van der Waals surface area contributed by atoms with Crippen molar-refractivity contribution in [2.24, 2.45) is 5.84 Å². The summed E-state index contributed by atoms with van der Waals surface area (Å²) < 4.78 is 0.826. The molecule has 2 rings (SSSR count). The molecule has 0 aromatic carbocycles. The van der Waals surface area contributed by atoms with Crippen molar-refractivity contribution >= 4 is 27.6 Å². The second kappa shape index (κ2) is 4.97. The van der Waals surface area contributed by atoms with Crippen LogP contribution in [0.5, 0.6) is 0 Å². The van der Waals surface area contributed by atoms with Crippen LogP contribution in [0.1, 0.15) is 25.7 Å². The Labute approximate surface area is 104 Å². The van der Waals surface area contributed by atoms with Gasteiger partial charge in [0.1, 0.15) is 16.6 Å². The molecule has 0 saturated heterocycles. The highest BCUT2D eigenvalue weighted by atomic mass is 79.9. The van der Waals surface area contributed by atoms with Gasteiger partial charge in [0.2, 0.25) is 0 Å². The Morgan fingerprint density at radius 2 is 2.12 bits per heavy atom. The minimum absolute atomic E-state index is 0.580. The molecule has 0 radical (unpaired) electrons. The highest BCUT2D eigenvalue weighted by Crippen LogP contribution is 2.32. The third-order valence-electron chi connectivity index (χ3n) is 3.11. The maximum atomic E-state index is 5.38. The molecule has 0 atom stereocenters. The van der Waals surface area contributed by atoms with Crippen molar-refractivity contribution < 1.29 is 0 Å². The van der Waals surface area contributed by atoms with E-state index >= 15 is 0 Å². The standard InChI is InChI=1S/C10H16BrN5/c1-16(7-4-2-3-5-7)10-8(11)9(15-12)13-6-14-10/h6-7H,2-5,12H2,1H3,(H,13,14,15). The van der Waals surface area contributed by atoms with E-state index in [-0.39, 0.29) is 0 Å². The molecular formula is C10H16BrN5. The number of nitrogens with zero attached hydrogens (tertiary/aromatic N) is 3. The van der Waals surface area contributed by atoms with Crippen LogP contribution in [0, 0.1) is 0 Å². The van der Waals surface area contributed by atoms with Gasteiger partial charge in [-0.1, -0.05) is 12.8 Å². The van der Waals surface area contributed by atoms with Crippen LogP contribution in [0.4, 0.5) is 11.6 Å². The van der Waals surface area contributed by atoms with Gasteiger partial charge in [0.25, 0.3) is 0 Å². The summed E-state index contributed by atoms with van der Waals surface area (Å²) in [5.41, 5.74) is 2.56. The fourth-order valence-corrected chi connectivity index (χ4v) is 2.77. The maximum absolute atomic E-state index is 5.38. The number of hydrogen-bond acceptors (Lipinski definition) is 5. The Balaban J connectivity index is 2.25. The number of nitrogen functional groups attached to an aromatic ring is 1. The lowest BCUT2D eigenvalue weighted by atomic mass is 10.2. The van der Waals surface area contributed by atoms with Gasteiger partial charge in [-0.25, -0.2) is 15.8 Å². The Hall–Kier alpha value is -0.880. The van der Waals surface area contributed by atoms with Crippen molar-refractivity contribution in [3.63, 3.8) is 0 Å². The van der Waals surface area contributed by atoms with E-state index in [2.05, 4.69) is 43.3 Å². The molecule has 1 heterocycles. The van der Waals surface area contributed by atoms with Crippen LogP contribution in [0.2, 0.25) is 0 Å². The average molecular weight is 286 g/mol. The SMILES string of the molecule is CN(c1ncnc(NN)c1Br)C1CCCC1. The van der Waals surface area contributed by atoms with Gasteiger partial charge >= 0.3 is 0 Å². The van der Waals surface area contributed by atoms with E-state index in [9.17, 15) is 0 Å². The number of hydrogen-bond donors (Lipinski definition) is 2. The molecule has 1 aliphatic rings. The van der Waals surface area contributed by atoms with Crippen LogP contribution in [0.15, 0.2) is 10.8 Å². The predicted molar refractivity (Wildman–Crippen MR) is 68.2 cm³/mol. The van der Waals surface area contributed by atoms with Gasteiger partial charge in [0.15, 0.2) is 5.82 Å². The summed E-state index contributed by atoms with van der Waals surface area (Å²) in [6.45, 7) is 0. The maximum Gasteiger partial charge on any atom is 0.159 e. The van der Waals surface area contributed by atoms with Gasteiger partial charge in [-0.15, -0.1) is 0 Å². The first-order chi connectivity index (χ1) is 7.74. The van der Waals surface area contributed by atoms with Crippen molar-refractivity contribution in [2.45, 2.75) is 31.7 Å². The lowest BCUT2D eigenvalue weighted by Gasteiger charge is -2.26. The molecule has 0 amide bonds. The van der Waals surface area contributed by atoms with Crippen LogP contribution in [0.3, 0.4) is 0 Å². The molecule has 1 aromatic heterocycles. The zero-order valence-electron chi connectivity index (χ0n) is 9.28. The van der Waals surface area contributed by atoms with Crippen LogP contribution in [-0.4, -0.2) is 23.1 Å². The number of aromatic nitrogens is 2. The van der Waals surface area contributed by atoms with Crippen LogP contribution in [-0.2, 0) is 0 Å². The molecule has 3 N–H and O–H groups in total. The van der Waals surface area contributed by atoms with Gasteiger partial charge < -0.3 is 10.3 Å². The predicted octanol–water partition coefficient (Wildman–Crippen LogP) is 1.90. The summed E-state index contributed by atoms with van der Waals surface area (Å²) in [6.07, 6.45) is 6.61. The molecule has 1 aliphatic carbocycles. The minimum Gasteiger partial charge on any atom is -0.356 e. The summed E-state index contributed by atoms with van der Waals surface area (Å²) >= 11 is 3.48. The number of halogens is 1. The summed E-state index contributed by atoms with van der Waals surface area (Å²) in [6, 6.07) is 0.580. The summed E-state index contributed by atoms with van der Waals surface area (Å²) in [4.78, 5) is 10.6. The molecule has 0 aliphatic heterocycles. The van der Waals surface area contributed by atoms with Crippen LogP contribution in [0.25, 0.3) is 0 Å². The first kappa shape index (κ1) is 11.6. The largest absolute Gasteiger partial charge is 0.356 e. The minimum atomic E-state index is 0.580. The fourth-order valence-electron chi connectivity index (χ4n) is 2.17. The number of hydrazine groups is 1. The topological polar surface area (TPSA) is 67.1 Å². The van der Waals surface area contributed by atoms with E-state index in [1.165, 1.54) is 32.0 Å². The third kappa shape index (κ3) is 2.12. The molecule has 1 aromatic rings. The van der Waals surface area contributed by atoms with Crippen molar-refractivity contribution in [1.82, 2.24) is 9.97 Å². The first-order valence-electron chi connectivity index (χ1n) is 5.44. The van der Waals surface area contributed by atoms with Crippen LogP contribution < -0.4 is 16.2 Å². The van der Waals surface area contributed by atoms with E-state index in [0.717, 1.165) is 10.3 Å². The Bertz CT molecular complexity index is 364. The molecule has 0 unspecified atom stereocenters. The van der Waals surface area contributed by atoms with Crippen molar-refractivity contribution in [3.05, 3.63) is 10.8 Å². The van der Waals surface area contributed by atoms with Gasteiger partial charge in [-0.05, 0) is 28.8 Å². The fraction of sp³-hybridized carbons (Fsp3) is 0.600. The Morgan fingerprint density at radius 3 is 2.75 bits per heavy atom. The van der Waals surface area contributed by atoms with Gasteiger partial charge in [-0.2, -0.15) is 0 Å². The number of anilines is 2. The number of nitrogens with one attached hydrogen (secondary N) is 1. The van der Waals surface area contributed by atoms with E-state index in [1.807, 2.05) is 0 Å². The van der Waals surface area contributed by atoms with Gasteiger partial charge in [0, 0.05) is 13.1 Å². The summed E-state index contributed by atoms with van der Waals surface area (Å²) in [5.74, 6) is 6.90. The lowest BCUT2D eigenvalue weighted by Crippen LogP contribution is -2.30. The zero-order chi connectivity index (χ0) is 11.5. The Kier molecular flexibility index (Phi) is 3.60. The lowest BCUT2D eigenvalue weighted by molar-refractivity contribution is 0.644. The highest BCUT2D eigenvalue weighted by molar-refractivity contribution is 9.10. The number of rotatable bonds is 3. The molecule has 0 bridgehead atoms. The van der Waals surface area contributed by atoms with E-state index in [4.69, 9.17) is 5.84 Å². The van der Waals surface area contributed by atoms with Crippen LogP contribution >= 0.6 is 15.9 Å². The molecule has 88 valence electrons.